The largest absolute Gasteiger partial charge is 0.466 e. The molecule has 1 aliphatic heterocycles. The lowest BCUT2D eigenvalue weighted by atomic mass is 9.97. The molecule has 1 aliphatic rings. The van der Waals surface area contributed by atoms with Gasteiger partial charge in [-0.25, -0.2) is 9.97 Å². The third kappa shape index (κ3) is 5.92. The predicted molar refractivity (Wildman–Crippen MR) is 133 cm³/mol. The maximum atomic E-state index is 12.4. The van der Waals surface area contributed by atoms with E-state index >= 15 is 0 Å². The number of hydrogen-bond donors (Lipinski definition) is 0. The van der Waals surface area contributed by atoms with Crippen LogP contribution < -0.4 is 9.80 Å². The summed E-state index contributed by atoms with van der Waals surface area (Å²) in [4.78, 5) is 36.6. The molecule has 9 nitrogen and oxygen atoms in total. The van der Waals surface area contributed by atoms with E-state index in [1.807, 2.05) is 70.5 Å². The topological polar surface area (TPSA) is 102 Å². The summed E-state index contributed by atoms with van der Waals surface area (Å²) in [5.74, 6) is 0.162. The molecule has 0 bridgehead atoms. The molecule has 0 amide bonds. The monoisotopic (exact) mass is 475 g/mol. The Morgan fingerprint density at radius 1 is 1.03 bits per heavy atom. The zero-order valence-corrected chi connectivity index (χ0v) is 19.7. The molecule has 9 heteroatoms. The van der Waals surface area contributed by atoms with E-state index in [4.69, 9.17) is 4.74 Å². The van der Waals surface area contributed by atoms with E-state index in [1.165, 1.54) is 6.33 Å². The Hall–Kier alpha value is -4.01. The van der Waals surface area contributed by atoms with E-state index in [9.17, 15) is 14.9 Å². The molecule has 0 aliphatic carbocycles. The highest BCUT2D eigenvalue weighted by molar-refractivity contribution is 5.74. The van der Waals surface area contributed by atoms with E-state index in [0.717, 1.165) is 11.1 Å². The van der Waals surface area contributed by atoms with Crippen molar-refractivity contribution in [3.63, 3.8) is 0 Å². The van der Waals surface area contributed by atoms with Crippen molar-refractivity contribution in [3.05, 3.63) is 88.2 Å². The first kappa shape index (κ1) is 24.1. The molecule has 0 radical (unpaired) electrons. The molecule has 0 atom stereocenters. The smallest absolute Gasteiger partial charge is 0.353 e. The van der Waals surface area contributed by atoms with Crippen molar-refractivity contribution in [2.75, 3.05) is 29.5 Å². The normalized spacial score (nSPS) is 13.9. The number of anilines is 2. The third-order valence-electron chi connectivity index (χ3n) is 6.11. The molecule has 0 spiro atoms. The number of rotatable bonds is 9. The van der Waals surface area contributed by atoms with Crippen LogP contribution in [0.1, 0.15) is 30.9 Å². The van der Waals surface area contributed by atoms with Gasteiger partial charge in [-0.05, 0) is 30.9 Å². The van der Waals surface area contributed by atoms with Crippen LogP contribution in [0.5, 0.6) is 0 Å². The van der Waals surface area contributed by atoms with Crippen molar-refractivity contribution in [2.24, 2.45) is 5.92 Å². The van der Waals surface area contributed by atoms with Crippen LogP contribution in [0.4, 0.5) is 17.3 Å². The average molecular weight is 476 g/mol. The SMILES string of the molecule is CCOC(=O)C1CCN(c2ncnc(N(Cc3ccccc3)Cc3ccccc3)c2[N+](=O)[O-])CC1. The molecule has 2 heterocycles. The van der Waals surface area contributed by atoms with Crippen LogP contribution in [0.2, 0.25) is 0 Å². The number of hydrogen-bond acceptors (Lipinski definition) is 8. The summed E-state index contributed by atoms with van der Waals surface area (Å²) in [7, 11) is 0. The van der Waals surface area contributed by atoms with Crippen LogP contribution in [0, 0.1) is 16.0 Å². The number of nitro groups is 1. The number of piperidine rings is 1. The maximum Gasteiger partial charge on any atom is 0.353 e. The van der Waals surface area contributed by atoms with Gasteiger partial charge in [0.1, 0.15) is 6.33 Å². The van der Waals surface area contributed by atoms with E-state index in [2.05, 4.69) is 9.97 Å². The zero-order chi connectivity index (χ0) is 24.6. The summed E-state index contributed by atoms with van der Waals surface area (Å²) in [6.45, 7) is 4.01. The molecule has 2 aromatic carbocycles. The van der Waals surface area contributed by atoms with Crippen LogP contribution in [-0.2, 0) is 22.6 Å². The Morgan fingerprint density at radius 3 is 2.11 bits per heavy atom. The second kappa shape index (κ2) is 11.4. The molecular formula is C26H29N5O4. The minimum absolute atomic E-state index is 0.117. The number of carbonyl (C=O) groups excluding carboxylic acids is 1. The fourth-order valence-electron chi connectivity index (χ4n) is 4.39. The summed E-state index contributed by atoms with van der Waals surface area (Å²) < 4.78 is 5.15. The maximum absolute atomic E-state index is 12.4. The summed E-state index contributed by atoms with van der Waals surface area (Å²) in [5, 5.41) is 12.4. The number of esters is 1. The van der Waals surface area contributed by atoms with Gasteiger partial charge in [0.2, 0.25) is 11.6 Å². The van der Waals surface area contributed by atoms with Gasteiger partial charge in [0.05, 0.1) is 17.4 Å². The minimum atomic E-state index is -0.398. The van der Waals surface area contributed by atoms with Gasteiger partial charge in [0.15, 0.2) is 0 Å². The predicted octanol–water partition coefficient (Wildman–Crippen LogP) is 4.37. The molecule has 0 saturated carbocycles. The van der Waals surface area contributed by atoms with Gasteiger partial charge in [0.25, 0.3) is 0 Å². The summed E-state index contributed by atoms with van der Waals surface area (Å²) in [6, 6.07) is 19.6. The van der Waals surface area contributed by atoms with Crippen LogP contribution in [0.15, 0.2) is 67.0 Å². The van der Waals surface area contributed by atoms with E-state index in [0.29, 0.717) is 45.6 Å². The number of carbonyl (C=O) groups is 1. The van der Waals surface area contributed by atoms with E-state index in [1.54, 1.807) is 6.92 Å². The van der Waals surface area contributed by atoms with Crippen molar-refractivity contribution in [2.45, 2.75) is 32.9 Å². The minimum Gasteiger partial charge on any atom is -0.466 e. The lowest BCUT2D eigenvalue weighted by Gasteiger charge is -2.32. The Balaban J connectivity index is 1.65. The van der Waals surface area contributed by atoms with Crippen molar-refractivity contribution in [1.82, 2.24) is 9.97 Å². The van der Waals surface area contributed by atoms with Gasteiger partial charge in [-0.1, -0.05) is 60.7 Å². The van der Waals surface area contributed by atoms with Crippen molar-refractivity contribution >= 4 is 23.3 Å². The summed E-state index contributed by atoms with van der Waals surface area (Å²) in [6.07, 6.45) is 2.51. The molecule has 3 aromatic rings. The van der Waals surface area contributed by atoms with Crippen LogP contribution in [0.3, 0.4) is 0 Å². The lowest BCUT2D eigenvalue weighted by molar-refractivity contribution is -0.383. The second-order valence-electron chi connectivity index (χ2n) is 8.47. The van der Waals surface area contributed by atoms with E-state index in [-0.39, 0.29) is 29.2 Å². The number of benzene rings is 2. The molecule has 1 aromatic heterocycles. The first-order valence-corrected chi connectivity index (χ1v) is 11.8. The first-order chi connectivity index (χ1) is 17.1. The molecule has 35 heavy (non-hydrogen) atoms. The highest BCUT2D eigenvalue weighted by Crippen LogP contribution is 2.37. The van der Waals surface area contributed by atoms with Crippen LogP contribution in [0.25, 0.3) is 0 Å². The summed E-state index contributed by atoms with van der Waals surface area (Å²) >= 11 is 0. The van der Waals surface area contributed by atoms with Gasteiger partial charge in [-0.15, -0.1) is 0 Å². The molecule has 4 rings (SSSR count). The molecular weight excluding hydrogens is 446 g/mol. The molecule has 1 saturated heterocycles. The molecule has 0 N–H and O–H groups in total. The average Bonchev–Trinajstić information content (AvgIpc) is 2.89. The first-order valence-electron chi connectivity index (χ1n) is 11.8. The Bertz CT molecular complexity index is 1090. The van der Waals surface area contributed by atoms with E-state index < -0.39 is 4.92 Å². The van der Waals surface area contributed by atoms with Gasteiger partial charge in [0, 0.05) is 26.2 Å². The lowest BCUT2D eigenvalue weighted by Crippen LogP contribution is -2.38. The van der Waals surface area contributed by atoms with Crippen LogP contribution >= 0.6 is 0 Å². The van der Waals surface area contributed by atoms with Crippen molar-refractivity contribution < 1.29 is 14.5 Å². The van der Waals surface area contributed by atoms with Gasteiger partial charge < -0.3 is 14.5 Å². The summed E-state index contributed by atoms with van der Waals surface area (Å²) in [5.41, 5.74) is 1.93. The van der Waals surface area contributed by atoms with Gasteiger partial charge >= 0.3 is 11.7 Å². The highest BCUT2D eigenvalue weighted by Gasteiger charge is 2.33. The fraction of sp³-hybridized carbons (Fsp3) is 0.346. The quantitative estimate of drug-likeness (QED) is 0.255. The highest BCUT2D eigenvalue weighted by atomic mass is 16.6. The Labute approximate surface area is 204 Å². The fourth-order valence-corrected chi connectivity index (χ4v) is 4.39. The second-order valence-corrected chi connectivity index (χ2v) is 8.47. The third-order valence-corrected chi connectivity index (χ3v) is 6.11. The number of nitrogens with zero attached hydrogens (tertiary/aromatic N) is 5. The zero-order valence-electron chi connectivity index (χ0n) is 19.7. The molecule has 0 unspecified atom stereocenters. The van der Waals surface area contributed by atoms with Gasteiger partial charge in [-0.2, -0.15) is 0 Å². The van der Waals surface area contributed by atoms with Crippen molar-refractivity contribution in [3.8, 4) is 0 Å². The van der Waals surface area contributed by atoms with Gasteiger partial charge in [-0.3, -0.25) is 14.9 Å². The molecule has 1 fully saturated rings. The number of aromatic nitrogens is 2. The Morgan fingerprint density at radius 2 is 1.60 bits per heavy atom. The van der Waals surface area contributed by atoms with Crippen LogP contribution in [-0.4, -0.2) is 40.6 Å². The number of ether oxygens (including phenoxy) is 1. The Kier molecular flexibility index (Phi) is 7.87. The molecule has 182 valence electrons. The standard InChI is InChI=1S/C26H29N5O4/c1-2-35-26(32)22-13-15-29(16-14-22)24-23(31(33)34)25(28-19-27-24)30(17-20-9-5-3-6-10-20)18-21-11-7-4-8-12-21/h3-12,19,22H,2,13-18H2,1H3. The van der Waals surface area contributed by atoms with Crippen molar-refractivity contribution in [1.29, 1.82) is 0 Å².